The van der Waals surface area contributed by atoms with Gasteiger partial charge in [0, 0.05) is 25.0 Å². The van der Waals surface area contributed by atoms with E-state index in [2.05, 4.69) is 39.2 Å². The number of nitrogens with one attached hydrogen (secondary N) is 1. The summed E-state index contributed by atoms with van der Waals surface area (Å²) in [6, 6.07) is 1.82. The molecule has 0 aliphatic heterocycles. The molecule has 0 bridgehead atoms. The van der Waals surface area contributed by atoms with Gasteiger partial charge in [0.2, 0.25) is 5.82 Å². The van der Waals surface area contributed by atoms with Crippen molar-refractivity contribution < 1.29 is 4.79 Å². The van der Waals surface area contributed by atoms with Gasteiger partial charge < -0.3 is 10.2 Å². The Labute approximate surface area is 118 Å². The molecule has 0 aliphatic rings. The molecule has 2 heterocycles. The maximum atomic E-state index is 12.1. The number of fused-ring (bicyclic) bond motifs is 1. The van der Waals surface area contributed by atoms with E-state index in [1.165, 1.54) is 0 Å². The van der Waals surface area contributed by atoms with Crippen molar-refractivity contribution in [3.63, 3.8) is 0 Å². The Hall–Kier alpha value is -2.02. The number of amides is 1. The van der Waals surface area contributed by atoms with Crippen molar-refractivity contribution in [2.24, 2.45) is 0 Å². The molecule has 20 heavy (non-hydrogen) atoms. The fourth-order valence-electron chi connectivity index (χ4n) is 1.98. The lowest BCUT2D eigenvalue weighted by atomic mass is 10.4. The molecule has 0 aliphatic carbocycles. The first-order valence-electron chi connectivity index (χ1n) is 6.84. The fourth-order valence-corrected chi connectivity index (χ4v) is 1.98. The van der Waals surface area contributed by atoms with Crippen LogP contribution in [0, 0.1) is 6.92 Å². The number of likely N-dealkylation sites (N-methyl/N-ethyl adjacent to an activating group) is 1. The second-order valence-electron chi connectivity index (χ2n) is 4.55. The molecule has 0 spiro atoms. The Morgan fingerprint density at radius 3 is 2.80 bits per heavy atom. The van der Waals surface area contributed by atoms with Crippen LogP contribution in [0.4, 0.5) is 0 Å². The average Bonchev–Trinajstić information content (AvgIpc) is 2.86. The van der Waals surface area contributed by atoms with Gasteiger partial charge in [0.1, 0.15) is 0 Å². The molecule has 2 rings (SSSR count). The Morgan fingerprint density at radius 2 is 2.10 bits per heavy atom. The lowest BCUT2D eigenvalue weighted by Gasteiger charge is -2.17. The molecule has 0 radical (unpaired) electrons. The lowest BCUT2D eigenvalue weighted by Crippen LogP contribution is -2.35. The first-order valence-corrected chi connectivity index (χ1v) is 6.84. The third kappa shape index (κ3) is 3.11. The monoisotopic (exact) mass is 276 g/mol. The van der Waals surface area contributed by atoms with E-state index in [-0.39, 0.29) is 11.7 Å². The van der Waals surface area contributed by atoms with Crippen LogP contribution in [0.15, 0.2) is 12.3 Å². The van der Waals surface area contributed by atoms with E-state index in [0.29, 0.717) is 12.3 Å². The van der Waals surface area contributed by atoms with E-state index in [9.17, 15) is 4.79 Å². The number of hydrogen-bond acceptors (Lipinski definition) is 5. The number of carbonyl (C=O) groups excluding carboxylic acids is 1. The summed E-state index contributed by atoms with van der Waals surface area (Å²) in [5, 5.41) is 10.7. The normalized spacial score (nSPS) is 11.2. The highest BCUT2D eigenvalue weighted by Crippen LogP contribution is 2.02. The number of rotatable bonds is 6. The van der Waals surface area contributed by atoms with Crippen molar-refractivity contribution in [2.75, 3.05) is 26.2 Å². The Morgan fingerprint density at radius 1 is 1.35 bits per heavy atom. The number of hydrogen-bond donors (Lipinski definition) is 1. The van der Waals surface area contributed by atoms with Crippen molar-refractivity contribution >= 4 is 11.7 Å². The minimum atomic E-state index is -0.227. The van der Waals surface area contributed by atoms with Gasteiger partial charge >= 0.3 is 0 Å². The van der Waals surface area contributed by atoms with Crippen LogP contribution in [0.5, 0.6) is 0 Å². The maximum Gasteiger partial charge on any atom is 0.289 e. The zero-order valence-electron chi connectivity index (χ0n) is 12.1. The van der Waals surface area contributed by atoms with Gasteiger partial charge in [-0.1, -0.05) is 13.8 Å². The lowest BCUT2D eigenvalue weighted by molar-refractivity contribution is 0.0937. The van der Waals surface area contributed by atoms with Crippen LogP contribution in [0.25, 0.3) is 5.78 Å². The maximum absolute atomic E-state index is 12.1. The molecule has 7 nitrogen and oxygen atoms in total. The zero-order valence-corrected chi connectivity index (χ0v) is 12.1. The van der Waals surface area contributed by atoms with Gasteiger partial charge in [-0.25, -0.2) is 4.98 Å². The van der Waals surface area contributed by atoms with Gasteiger partial charge in [0.25, 0.3) is 11.7 Å². The van der Waals surface area contributed by atoms with Gasteiger partial charge in [-0.15, -0.1) is 10.2 Å². The second kappa shape index (κ2) is 6.42. The molecule has 2 aromatic rings. The third-order valence-electron chi connectivity index (χ3n) is 3.23. The number of nitrogens with zero attached hydrogens (tertiary/aromatic N) is 5. The SMILES string of the molecule is CCN(CC)CCNC(=O)c1nnc2nc(C)ccn12. The van der Waals surface area contributed by atoms with Gasteiger partial charge in [0.15, 0.2) is 0 Å². The molecule has 7 heteroatoms. The van der Waals surface area contributed by atoms with E-state index in [0.717, 1.165) is 25.3 Å². The molecule has 0 saturated heterocycles. The predicted molar refractivity (Wildman–Crippen MR) is 75.6 cm³/mol. The summed E-state index contributed by atoms with van der Waals surface area (Å²) >= 11 is 0. The molecule has 108 valence electrons. The molecule has 0 unspecified atom stereocenters. The summed E-state index contributed by atoms with van der Waals surface area (Å²) < 4.78 is 1.60. The number of carbonyl (C=O) groups is 1. The first-order chi connectivity index (χ1) is 9.65. The topological polar surface area (TPSA) is 75.4 Å². The molecule has 0 aromatic carbocycles. The largest absolute Gasteiger partial charge is 0.348 e. The van der Waals surface area contributed by atoms with E-state index < -0.39 is 0 Å². The third-order valence-corrected chi connectivity index (χ3v) is 3.23. The molecule has 1 amide bonds. The Balaban J connectivity index is 2.01. The molecule has 0 atom stereocenters. The highest BCUT2D eigenvalue weighted by Gasteiger charge is 2.14. The van der Waals surface area contributed by atoms with Gasteiger partial charge in [-0.05, 0) is 26.1 Å². The van der Waals surface area contributed by atoms with Gasteiger partial charge in [-0.3, -0.25) is 9.20 Å². The summed E-state index contributed by atoms with van der Waals surface area (Å²) in [5.74, 6) is 0.487. The summed E-state index contributed by atoms with van der Waals surface area (Å²) in [5.41, 5.74) is 0.846. The fraction of sp³-hybridized carbons (Fsp3) is 0.538. The summed E-state index contributed by atoms with van der Waals surface area (Å²) in [6.45, 7) is 9.45. The standard InChI is InChI=1S/C13H20N6O/c1-4-18(5-2)9-7-14-12(20)11-16-17-13-15-10(3)6-8-19(11)13/h6,8H,4-5,7,9H2,1-3H3,(H,14,20). The van der Waals surface area contributed by atoms with E-state index in [1.807, 2.05) is 13.0 Å². The highest BCUT2D eigenvalue weighted by atomic mass is 16.2. The van der Waals surface area contributed by atoms with Crippen LogP contribution in [0.2, 0.25) is 0 Å². The van der Waals surface area contributed by atoms with Crippen molar-refractivity contribution in [2.45, 2.75) is 20.8 Å². The Bertz CT molecular complexity index is 590. The summed E-state index contributed by atoms with van der Waals surface area (Å²) in [6.07, 6.45) is 1.76. The van der Waals surface area contributed by atoms with Crippen LogP contribution in [0.1, 0.15) is 30.2 Å². The van der Waals surface area contributed by atoms with E-state index >= 15 is 0 Å². The molecular formula is C13H20N6O. The predicted octanol–water partition coefficient (Wildman–Crippen LogP) is 0.504. The molecular weight excluding hydrogens is 256 g/mol. The van der Waals surface area contributed by atoms with Crippen LogP contribution >= 0.6 is 0 Å². The zero-order chi connectivity index (χ0) is 14.5. The van der Waals surface area contributed by atoms with Crippen molar-refractivity contribution in [3.05, 3.63) is 23.8 Å². The van der Waals surface area contributed by atoms with Crippen LogP contribution in [0.3, 0.4) is 0 Å². The molecule has 0 fully saturated rings. The van der Waals surface area contributed by atoms with E-state index in [1.54, 1.807) is 10.6 Å². The van der Waals surface area contributed by atoms with Crippen LogP contribution < -0.4 is 5.32 Å². The minimum absolute atomic E-state index is 0.227. The van der Waals surface area contributed by atoms with Gasteiger partial charge in [-0.2, -0.15) is 0 Å². The van der Waals surface area contributed by atoms with Crippen molar-refractivity contribution in [3.8, 4) is 0 Å². The van der Waals surface area contributed by atoms with Crippen LogP contribution in [-0.4, -0.2) is 56.6 Å². The second-order valence-corrected chi connectivity index (χ2v) is 4.55. The van der Waals surface area contributed by atoms with Crippen LogP contribution in [-0.2, 0) is 0 Å². The van der Waals surface area contributed by atoms with Gasteiger partial charge in [0.05, 0.1) is 0 Å². The molecule has 2 aromatic heterocycles. The van der Waals surface area contributed by atoms with E-state index in [4.69, 9.17) is 0 Å². The highest BCUT2D eigenvalue weighted by molar-refractivity contribution is 5.91. The first kappa shape index (κ1) is 14.4. The minimum Gasteiger partial charge on any atom is -0.348 e. The van der Waals surface area contributed by atoms with Crippen molar-refractivity contribution in [1.29, 1.82) is 0 Å². The Kier molecular flexibility index (Phi) is 4.62. The molecule has 1 N–H and O–H groups in total. The number of aromatic nitrogens is 4. The molecule has 0 saturated carbocycles. The quantitative estimate of drug-likeness (QED) is 0.831. The average molecular weight is 276 g/mol. The smallest absolute Gasteiger partial charge is 0.289 e. The van der Waals surface area contributed by atoms with Crippen molar-refractivity contribution in [1.82, 2.24) is 29.8 Å². The number of aryl methyl sites for hydroxylation is 1. The summed E-state index contributed by atoms with van der Waals surface area (Å²) in [7, 11) is 0. The summed E-state index contributed by atoms with van der Waals surface area (Å²) in [4.78, 5) is 18.5.